The fraction of sp³-hybridized carbons (Fsp3) is 0.643. The lowest BCUT2D eigenvalue weighted by molar-refractivity contribution is -0.142. The van der Waals surface area contributed by atoms with Crippen LogP contribution in [0.3, 0.4) is 0 Å². The van der Waals surface area contributed by atoms with E-state index in [1.54, 1.807) is 6.20 Å². The molecular formula is C14H24N4O3. The highest BCUT2D eigenvalue weighted by molar-refractivity contribution is 5.83. The van der Waals surface area contributed by atoms with Crippen LogP contribution in [0.25, 0.3) is 0 Å². The van der Waals surface area contributed by atoms with Crippen molar-refractivity contribution in [2.75, 3.05) is 6.54 Å². The highest BCUT2D eigenvalue weighted by Crippen LogP contribution is 2.14. The molecule has 0 aromatic carbocycles. The van der Waals surface area contributed by atoms with Gasteiger partial charge in [0.15, 0.2) is 0 Å². The molecule has 21 heavy (non-hydrogen) atoms. The van der Waals surface area contributed by atoms with E-state index in [0.717, 1.165) is 6.42 Å². The topological polar surface area (TPSA) is 121 Å². The minimum Gasteiger partial charge on any atom is -0.480 e. The number of carbonyl (C=O) groups is 2. The van der Waals surface area contributed by atoms with Crippen LogP contribution in [-0.4, -0.2) is 39.5 Å². The van der Waals surface area contributed by atoms with Gasteiger partial charge in [-0.1, -0.05) is 13.8 Å². The number of nitrogens with zero attached hydrogens (tertiary/aromatic N) is 1. The van der Waals surface area contributed by atoms with Gasteiger partial charge < -0.3 is 21.1 Å². The lowest BCUT2D eigenvalue weighted by atomic mass is 9.94. The Morgan fingerprint density at radius 1 is 1.48 bits per heavy atom. The van der Waals surface area contributed by atoms with Gasteiger partial charge in [0.1, 0.15) is 6.04 Å². The van der Waals surface area contributed by atoms with Crippen LogP contribution >= 0.6 is 0 Å². The van der Waals surface area contributed by atoms with Crippen molar-refractivity contribution in [1.29, 1.82) is 0 Å². The number of H-pyrrole nitrogens is 1. The normalized spacial score (nSPS) is 13.9. The second-order valence-electron chi connectivity index (χ2n) is 5.67. The number of imidazole rings is 1. The van der Waals surface area contributed by atoms with Crippen LogP contribution in [0, 0.1) is 11.8 Å². The molecule has 0 aliphatic rings. The van der Waals surface area contributed by atoms with Crippen molar-refractivity contribution in [2.45, 2.75) is 39.2 Å². The van der Waals surface area contributed by atoms with Crippen molar-refractivity contribution in [3.8, 4) is 0 Å². The Morgan fingerprint density at radius 3 is 2.67 bits per heavy atom. The molecule has 0 fully saturated rings. The number of aliphatic carboxylic acids is 1. The van der Waals surface area contributed by atoms with Crippen LogP contribution in [0.15, 0.2) is 12.5 Å². The van der Waals surface area contributed by atoms with Gasteiger partial charge in [-0.25, -0.2) is 9.78 Å². The number of hydrogen-bond donors (Lipinski definition) is 4. The molecule has 0 spiro atoms. The van der Waals surface area contributed by atoms with Gasteiger partial charge in [-0.15, -0.1) is 0 Å². The zero-order valence-corrected chi connectivity index (χ0v) is 12.5. The molecule has 1 aromatic rings. The first-order valence-corrected chi connectivity index (χ1v) is 7.11. The number of hydrogen-bond acceptors (Lipinski definition) is 4. The summed E-state index contributed by atoms with van der Waals surface area (Å²) >= 11 is 0. The van der Waals surface area contributed by atoms with Crippen molar-refractivity contribution in [2.24, 2.45) is 17.6 Å². The molecule has 1 rings (SSSR count). The Bertz CT molecular complexity index is 445. The molecule has 0 saturated carbocycles. The molecule has 5 N–H and O–H groups in total. The molecule has 118 valence electrons. The maximum Gasteiger partial charge on any atom is 0.326 e. The largest absolute Gasteiger partial charge is 0.480 e. The van der Waals surface area contributed by atoms with Gasteiger partial charge in [-0.05, 0) is 24.8 Å². The first-order chi connectivity index (χ1) is 9.92. The molecule has 1 heterocycles. The number of nitrogens with one attached hydrogen (secondary N) is 2. The maximum absolute atomic E-state index is 12.0. The summed E-state index contributed by atoms with van der Waals surface area (Å²) in [5.74, 6) is -0.817. The number of amides is 1. The minimum absolute atomic E-state index is 0.0756. The molecule has 0 bridgehead atoms. The summed E-state index contributed by atoms with van der Waals surface area (Å²) in [6.07, 6.45) is 4.30. The van der Waals surface area contributed by atoms with E-state index in [1.165, 1.54) is 6.33 Å². The van der Waals surface area contributed by atoms with E-state index >= 15 is 0 Å². The maximum atomic E-state index is 12.0. The lowest BCUT2D eigenvalue weighted by Crippen LogP contribution is -2.43. The number of carboxylic acids is 1. The molecule has 7 heteroatoms. The Morgan fingerprint density at radius 2 is 2.19 bits per heavy atom. The van der Waals surface area contributed by atoms with Crippen LogP contribution in [0.2, 0.25) is 0 Å². The summed E-state index contributed by atoms with van der Waals surface area (Å²) in [5.41, 5.74) is 6.33. The molecular weight excluding hydrogens is 272 g/mol. The standard InChI is InChI=1S/C14H24N4O3/c1-9(2)3-10(6-15)4-13(19)18-12(14(20)21)5-11-7-16-8-17-11/h7-10,12H,3-6,15H2,1-2H3,(H,16,17)(H,18,19)(H,20,21)/t10?,12-/m0/s1. The second kappa shape index (κ2) is 8.41. The average molecular weight is 296 g/mol. The number of carbonyl (C=O) groups excluding carboxylic acids is 1. The van der Waals surface area contributed by atoms with E-state index in [9.17, 15) is 14.7 Å². The third kappa shape index (κ3) is 6.40. The molecule has 1 unspecified atom stereocenters. The fourth-order valence-electron chi connectivity index (χ4n) is 2.26. The predicted molar refractivity (Wildman–Crippen MR) is 78.5 cm³/mol. The molecule has 2 atom stereocenters. The molecule has 1 amide bonds. The van der Waals surface area contributed by atoms with Crippen LogP contribution in [0.5, 0.6) is 0 Å². The Labute approximate surface area is 124 Å². The van der Waals surface area contributed by atoms with E-state index in [2.05, 4.69) is 29.1 Å². The predicted octanol–water partition coefficient (Wildman–Crippen LogP) is 0.533. The summed E-state index contributed by atoms with van der Waals surface area (Å²) in [4.78, 5) is 29.9. The van der Waals surface area contributed by atoms with Crippen molar-refractivity contribution in [3.05, 3.63) is 18.2 Å². The molecule has 1 aromatic heterocycles. The number of aromatic nitrogens is 2. The van der Waals surface area contributed by atoms with Crippen LogP contribution < -0.4 is 11.1 Å². The van der Waals surface area contributed by atoms with Crippen molar-refractivity contribution >= 4 is 11.9 Å². The minimum atomic E-state index is -1.06. The zero-order valence-electron chi connectivity index (χ0n) is 12.5. The van der Waals surface area contributed by atoms with Gasteiger partial charge >= 0.3 is 5.97 Å². The Kier molecular flexibility index (Phi) is 6.87. The molecule has 0 radical (unpaired) electrons. The Hall–Kier alpha value is -1.89. The number of aromatic amines is 1. The van der Waals surface area contributed by atoms with Gasteiger partial charge in [-0.3, -0.25) is 4.79 Å². The highest BCUT2D eigenvalue weighted by atomic mass is 16.4. The third-order valence-corrected chi connectivity index (χ3v) is 3.22. The van der Waals surface area contributed by atoms with Gasteiger partial charge in [0.25, 0.3) is 0 Å². The molecule has 7 nitrogen and oxygen atoms in total. The second-order valence-corrected chi connectivity index (χ2v) is 5.67. The number of rotatable bonds is 9. The summed E-state index contributed by atoms with van der Waals surface area (Å²) in [6.45, 7) is 4.56. The monoisotopic (exact) mass is 296 g/mol. The number of carboxylic acid groups (broad SMARTS) is 1. The first kappa shape index (κ1) is 17.2. The van der Waals surface area contributed by atoms with E-state index in [0.29, 0.717) is 18.2 Å². The van der Waals surface area contributed by atoms with Crippen LogP contribution in [-0.2, 0) is 16.0 Å². The smallest absolute Gasteiger partial charge is 0.326 e. The van der Waals surface area contributed by atoms with Gasteiger partial charge in [0.05, 0.1) is 6.33 Å². The number of nitrogens with two attached hydrogens (primary N) is 1. The average Bonchev–Trinajstić information content (AvgIpc) is 2.89. The van der Waals surface area contributed by atoms with Crippen LogP contribution in [0.4, 0.5) is 0 Å². The van der Waals surface area contributed by atoms with Crippen molar-refractivity contribution < 1.29 is 14.7 Å². The SMILES string of the molecule is CC(C)CC(CN)CC(=O)N[C@@H](Cc1cnc[nH]1)C(=O)O. The summed E-state index contributed by atoms with van der Waals surface area (Å²) < 4.78 is 0. The third-order valence-electron chi connectivity index (χ3n) is 3.22. The molecule has 0 aliphatic carbocycles. The summed E-state index contributed by atoms with van der Waals surface area (Å²) in [7, 11) is 0. The van der Waals surface area contributed by atoms with Crippen molar-refractivity contribution in [1.82, 2.24) is 15.3 Å². The van der Waals surface area contributed by atoms with E-state index < -0.39 is 12.0 Å². The molecule has 0 aliphatic heterocycles. The highest BCUT2D eigenvalue weighted by Gasteiger charge is 2.22. The van der Waals surface area contributed by atoms with Gasteiger partial charge in [-0.2, -0.15) is 0 Å². The van der Waals surface area contributed by atoms with E-state index in [-0.39, 0.29) is 24.7 Å². The summed E-state index contributed by atoms with van der Waals surface area (Å²) in [5, 5.41) is 11.7. The summed E-state index contributed by atoms with van der Waals surface area (Å²) in [6, 6.07) is -0.963. The van der Waals surface area contributed by atoms with Gasteiger partial charge in [0.2, 0.25) is 5.91 Å². The quantitative estimate of drug-likeness (QED) is 0.529. The van der Waals surface area contributed by atoms with E-state index in [1.807, 2.05) is 0 Å². The molecule has 0 saturated heterocycles. The lowest BCUT2D eigenvalue weighted by Gasteiger charge is -2.19. The van der Waals surface area contributed by atoms with Crippen LogP contribution in [0.1, 0.15) is 32.4 Å². The van der Waals surface area contributed by atoms with Crippen molar-refractivity contribution in [3.63, 3.8) is 0 Å². The Balaban J connectivity index is 2.54. The van der Waals surface area contributed by atoms with Gasteiger partial charge in [0, 0.05) is 24.7 Å². The fourth-order valence-corrected chi connectivity index (χ4v) is 2.26. The zero-order chi connectivity index (χ0) is 15.8. The first-order valence-electron chi connectivity index (χ1n) is 7.11. The van der Waals surface area contributed by atoms with E-state index in [4.69, 9.17) is 5.73 Å².